The number of fused-ring (bicyclic) bond motifs is 1. The summed E-state index contributed by atoms with van der Waals surface area (Å²) in [5, 5.41) is 20.4. The minimum Gasteiger partial charge on any atom is -0.389 e. The molecule has 1 saturated heterocycles. The number of aromatic nitrogens is 1. The molecule has 0 aromatic carbocycles. The minimum atomic E-state index is -0.437. The van der Waals surface area contributed by atoms with E-state index < -0.39 is 6.10 Å². The van der Waals surface area contributed by atoms with Crippen molar-refractivity contribution in [2.75, 3.05) is 13.2 Å². The fraction of sp³-hybridized carbons (Fsp3) is 0.308. The van der Waals surface area contributed by atoms with Crippen molar-refractivity contribution in [2.45, 2.75) is 12.6 Å². The first-order valence-corrected chi connectivity index (χ1v) is 5.82. The Bertz CT molecular complexity index is 614. The van der Waals surface area contributed by atoms with E-state index in [-0.39, 0.29) is 0 Å². The molecule has 0 radical (unpaired) electrons. The van der Waals surface area contributed by atoms with Gasteiger partial charge >= 0.3 is 0 Å². The van der Waals surface area contributed by atoms with Gasteiger partial charge in [0.2, 0.25) is 0 Å². The highest BCUT2D eigenvalue weighted by Crippen LogP contribution is 2.20. The summed E-state index contributed by atoms with van der Waals surface area (Å²) in [6, 6.07) is 7.99. The first-order chi connectivity index (χ1) is 8.78. The number of β-amino-alcohol motifs (C(OH)–C–C–N with tert-alkyl or cyclic N) is 1. The van der Waals surface area contributed by atoms with Gasteiger partial charge in [-0.3, -0.25) is 4.84 Å². The van der Waals surface area contributed by atoms with E-state index in [0.29, 0.717) is 25.3 Å². The molecule has 3 heterocycles. The van der Waals surface area contributed by atoms with Crippen molar-refractivity contribution < 1.29 is 9.94 Å². The number of pyridine rings is 1. The lowest BCUT2D eigenvalue weighted by Crippen LogP contribution is -2.20. The lowest BCUT2D eigenvalue weighted by molar-refractivity contribution is -0.117. The second kappa shape index (κ2) is 4.42. The molecule has 2 aromatic rings. The highest BCUT2D eigenvalue weighted by atomic mass is 16.7. The van der Waals surface area contributed by atoms with Crippen molar-refractivity contribution in [1.29, 1.82) is 5.26 Å². The second-order valence-electron chi connectivity index (χ2n) is 4.41. The molecule has 1 aliphatic heterocycles. The molecule has 0 aliphatic carbocycles. The molecule has 2 aromatic heterocycles. The summed E-state index contributed by atoms with van der Waals surface area (Å²) in [4.78, 5) is 5.33. The van der Waals surface area contributed by atoms with Crippen LogP contribution in [0.15, 0.2) is 30.6 Å². The first kappa shape index (κ1) is 11.2. The number of hydrogen-bond donors (Lipinski definition) is 1. The molecule has 0 bridgehead atoms. The number of aliphatic hydroxyl groups excluding tert-OH is 1. The highest BCUT2D eigenvalue weighted by Gasteiger charge is 2.23. The maximum Gasteiger partial charge on any atom is 0.102 e. The van der Waals surface area contributed by atoms with Crippen LogP contribution in [0.5, 0.6) is 0 Å². The largest absolute Gasteiger partial charge is 0.389 e. The van der Waals surface area contributed by atoms with Crippen molar-refractivity contribution in [3.05, 3.63) is 41.7 Å². The van der Waals surface area contributed by atoms with Gasteiger partial charge < -0.3 is 9.51 Å². The molecule has 92 valence electrons. The second-order valence-corrected chi connectivity index (χ2v) is 4.41. The zero-order valence-electron chi connectivity index (χ0n) is 9.78. The van der Waals surface area contributed by atoms with E-state index in [2.05, 4.69) is 6.07 Å². The van der Waals surface area contributed by atoms with Crippen molar-refractivity contribution >= 4 is 5.52 Å². The molecule has 1 aliphatic rings. The fourth-order valence-corrected chi connectivity index (χ4v) is 2.26. The van der Waals surface area contributed by atoms with Crippen LogP contribution in [-0.4, -0.2) is 33.8 Å². The Kier molecular flexibility index (Phi) is 2.76. The number of nitriles is 1. The molecule has 1 atom stereocenters. The summed E-state index contributed by atoms with van der Waals surface area (Å²) >= 11 is 0. The predicted octanol–water partition coefficient (Wildman–Crippen LogP) is 0.919. The van der Waals surface area contributed by atoms with E-state index in [0.717, 1.165) is 11.1 Å². The summed E-state index contributed by atoms with van der Waals surface area (Å²) < 4.78 is 1.93. The van der Waals surface area contributed by atoms with Crippen LogP contribution in [0, 0.1) is 11.3 Å². The Hall–Kier alpha value is -1.87. The van der Waals surface area contributed by atoms with Crippen LogP contribution in [0.25, 0.3) is 5.52 Å². The Morgan fingerprint density at radius 1 is 1.50 bits per heavy atom. The Morgan fingerprint density at radius 2 is 2.39 bits per heavy atom. The lowest BCUT2D eigenvalue weighted by Gasteiger charge is -2.12. The molecule has 0 unspecified atom stereocenters. The molecule has 1 N–H and O–H groups in total. The zero-order valence-corrected chi connectivity index (χ0v) is 9.78. The molecule has 5 heteroatoms. The summed E-state index contributed by atoms with van der Waals surface area (Å²) in [5.74, 6) is 0. The van der Waals surface area contributed by atoms with Gasteiger partial charge in [-0.15, -0.1) is 0 Å². The van der Waals surface area contributed by atoms with Gasteiger partial charge in [0.25, 0.3) is 0 Å². The molecular formula is C13H13N3O2. The van der Waals surface area contributed by atoms with E-state index in [9.17, 15) is 10.4 Å². The Labute approximate surface area is 104 Å². The van der Waals surface area contributed by atoms with Crippen LogP contribution in [-0.2, 0) is 11.4 Å². The van der Waals surface area contributed by atoms with Gasteiger partial charge in [-0.1, -0.05) is 6.07 Å². The van der Waals surface area contributed by atoms with Crippen LogP contribution in [0.1, 0.15) is 11.1 Å². The van der Waals surface area contributed by atoms with Gasteiger partial charge in [0.1, 0.15) is 6.07 Å². The Morgan fingerprint density at radius 3 is 3.11 bits per heavy atom. The number of rotatable bonds is 2. The van der Waals surface area contributed by atoms with E-state index >= 15 is 0 Å². The maximum absolute atomic E-state index is 9.41. The third-order valence-corrected chi connectivity index (χ3v) is 3.08. The predicted molar refractivity (Wildman–Crippen MR) is 64.5 cm³/mol. The third kappa shape index (κ3) is 1.87. The number of hydroxylamine groups is 2. The highest BCUT2D eigenvalue weighted by molar-refractivity contribution is 5.65. The zero-order chi connectivity index (χ0) is 12.5. The van der Waals surface area contributed by atoms with Crippen LogP contribution < -0.4 is 0 Å². The van der Waals surface area contributed by atoms with E-state index in [1.807, 2.05) is 35.0 Å². The number of hydrogen-bond acceptors (Lipinski definition) is 4. The normalized spacial score (nSPS) is 20.3. The van der Waals surface area contributed by atoms with Crippen LogP contribution in [0.4, 0.5) is 0 Å². The lowest BCUT2D eigenvalue weighted by atomic mass is 10.2. The standard InChI is InChI=1S/C13H13N3O2/c14-5-12-10(7-16-8-11(17)9-18-16)6-15-4-2-1-3-13(12)15/h1-4,6,11,17H,7-9H2/t11-/m0/s1. The van der Waals surface area contributed by atoms with Crippen molar-refractivity contribution in [3.63, 3.8) is 0 Å². The van der Waals surface area contributed by atoms with Crippen LogP contribution in [0.2, 0.25) is 0 Å². The smallest absolute Gasteiger partial charge is 0.102 e. The molecule has 0 amide bonds. The molecule has 18 heavy (non-hydrogen) atoms. The number of nitrogens with zero attached hydrogens (tertiary/aromatic N) is 3. The number of aliphatic hydroxyl groups is 1. The minimum absolute atomic E-state index is 0.329. The molecule has 0 spiro atoms. The van der Waals surface area contributed by atoms with E-state index in [1.165, 1.54) is 0 Å². The van der Waals surface area contributed by atoms with Crippen LogP contribution in [0.3, 0.4) is 0 Å². The molecule has 1 fully saturated rings. The van der Waals surface area contributed by atoms with Gasteiger partial charge in [-0.2, -0.15) is 10.3 Å². The SMILES string of the molecule is N#Cc1c(CN2C[C@H](O)CO2)cn2ccccc12. The molecular weight excluding hydrogens is 230 g/mol. The van der Waals surface area contributed by atoms with Gasteiger partial charge in [-0.25, -0.2) is 0 Å². The fourth-order valence-electron chi connectivity index (χ4n) is 2.26. The van der Waals surface area contributed by atoms with Crippen molar-refractivity contribution in [2.24, 2.45) is 0 Å². The summed E-state index contributed by atoms with van der Waals surface area (Å²) in [6.45, 7) is 1.33. The van der Waals surface area contributed by atoms with Crippen molar-refractivity contribution in [3.8, 4) is 6.07 Å². The first-order valence-electron chi connectivity index (χ1n) is 5.82. The van der Waals surface area contributed by atoms with E-state index in [1.54, 1.807) is 5.06 Å². The maximum atomic E-state index is 9.41. The molecule has 3 rings (SSSR count). The average molecular weight is 243 g/mol. The topological polar surface area (TPSA) is 60.9 Å². The summed E-state index contributed by atoms with van der Waals surface area (Å²) in [7, 11) is 0. The van der Waals surface area contributed by atoms with E-state index in [4.69, 9.17) is 4.84 Å². The third-order valence-electron chi connectivity index (χ3n) is 3.08. The van der Waals surface area contributed by atoms with Gasteiger partial charge in [0.15, 0.2) is 0 Å². The monoisotopic (exact) mass is 243 g/mol. The summed E-state index contributed by atoms with van der Waals surface area (Å²) in [6.07, 6.45) is 3.41. The Balaban J connectivity index is 1.94. The quantitative estimate of drug-likeness (QED) is 0.852. The van der Waals surface area contributed by atoms with Gasteiger partial charge in [0, 0.05) is 18.0 Å². The van der Waals surface area contributed by atoms with Crippen LogP contribution >= 0.6 is 0 Å². The molecule has 5 nitrogen and oxygen atoms in total. The average Bonchev–Trinajstić information content (AvgIpc) is 2.92. The van der Waals surface area contributed by atoms with Gasteiger partial charge in [0.05, 0.1) is 36.9 Å². The summed E-state index contributed by atoms with van der Waals surface area (Å²) in [5.41, 5.74) is 2.48. The molecule has 0 saturated carbocycles. The van der Waals surface area contributed by atoms with Crippen molar-refractivity contribution in [1.82, 2.24) is 9.46 Å². The van der Waals surface area contributed by atoms with Gasteiger partial charge in [-0.05, 0) is 12.1 Å².